The van der Waals surface area contributed by atoms with Crippen LogP contribution in [0.2, 0.25) is 0 Å². The molecule has 3 heteroatoms. The normalized spacial score (nSPS) is 10.0. The van der Waals surface area contributed by atoms with E-state index >= 15 is 0 Å². The van der Waals surface area contributed by atoms with Gasteiger partial charge in [0.15, 0.2) is 0 Å². The zero-order valence-corrected chi connectivity index (χ0v) is 13.8. The number of halogens is 1. The van der Waals surface area contributed by atoms with Crippen molar-refractivity contribution < 1.29 is 24.5 Å². The summed E-state index contributed by atoms with van der Waals surface area (Å²) in [6.45, 7) is 2.00. The Hall–Kier alpha value is -1.83. The number of benzene rings is 2. The predicted octanol–water partition coefficient (Wildman–Crippen LogP) is 4.66. The molecule has 0 spiro atoms. The third-order valence-corrected chi connectivity index (χ3v) is 3.15. The Morgan fingerprint density at radius 2 is 1.81 bits per heavy atom. The second kappa shape index (κ2) is 6.75. The van der Waals surface area contributed by atoms with Crippen LogP contribution in [-0.4, -0.2) is 4.98 Å². The second-order valence-corrected chi connectivity index (χ2v) is 4.72. The fraction of sp³-hybridized carbons (Fsp3) is 0.0556. The molecule has 1 heterocycles. The molecule has 0 bridgehead atoms. The first-order chi connectivity index (χ1) is 9.72. The molecule has 0 aliphatic rings. The van der Waals surface area contributed by atoms with Crippen LogP contribution in [0.1, 0.15) is 5.56 Å². The van der Waals surface area contributed by atoms with Crippen molar-refractivity contribution >= 4 is 0 Å². The topological polar surface area (TPSA) is 12.9 Å². The SMILES string of the molecule is Cc1ccc(-c2[c-]ccc(-c3cccc(F)c3)c2)nc1.[Ir]. The summed E-state index contributed by atoms with van der Waals surface area (Å²) in [6, 6.07) is 19.5. The van der Waals surface area contributed by atoms with Crippen LogP contribution in [0.3, 0.4) is 0 Å². The first kappa shape index (κ1) is 15.6. The van der Waals surface area contributed by atoms with Crippen LogP contribution in [-0.2, 0) is 20.1 Å². The molecule has 0 saturated heterocycles. The van der Waals surface area contributed by atoms with Crippen molar-refractivity contribution in [1.82, 2.24) is 4.98 Å². The summed E-state index contributed by atoms with van der Waals surface area (Å²) in [5, 5.41) is 0. The molecule has 2 aromatic carbocycles. The van der Waals surface area contributed by atoms with E-state index in [0.29, 0.717) is 0 Å². The molecule has 0 saturated carbocycles. The van der Waals surface area contributed by atoms with E-state index in [1.165, 1.54) is 12.1 Å². The molecular weight excluding hydrogens is 441 g/mol. The summed E-state index contributed by atoms with van der Waals surface area (Å²) < 4.78 is 13.3. The molecule has 0 aliphatic heterocycles. The largest absolute Gasteiger partial charge is 0.304 e. The van der Waals surface area contributed by atoms with Gasteiger partial charge in [-0.25, -0.2) is 4.39 Å². The monoisotopic (exact) mass is 455 g/mol. The fourth-order valence-electron chi connectivity index (χ4n) is 2.09. The van der Waals surface area contributed by atoms with Crippen molar-refractivity contribution in [3.05, 3.63) is 78.2 Å². The second-order valence-electron chi connectivity index (χ2n) is 4.72. The molecule has 0 unspecified atom stereocenters. The molecule has 3 aromatic rings. The Morgan fingerprint density at radius 3 is 2.52 bits per heavy atom. The van der Waals surface area contributed by atoms with E-state index in [0.717, 1.165) is 27.9 Å². The maximum absolute atomic E-state index is 13.3. The van der Waals surface area contributed by atoms with Gasteiger partial charge in [0.2, 0.25) is 0 Å². The Morgan fingerprint density at radius 1 is 1.00 bits per heavy atom. The van der Waals surface area contributed by atoms with Gasteiger partial charge in [-0.2, -0.15) is 0 Å². The smallest absolute Gasteiger partial charge is 0.123 e. The Labute approximate surface area is 137 Å². The molecule has 3 rings (SSSR count). The minimum absolute atomic E-state index is 0. The Bertz CT molecular complexity index is 738. The summed E-state index contributed by atoms with van der Waals surface area (Å²) in [4.78, 5) is 4.40. The van der Waals surface area contributed by atoms with Crippen molar-refractivity contribution in [3.8, 4) is 22.4 Å². The number of hydrogen-bond acceptors (Lipinski definition) is 1. The molecule has 0 amide bonds. The molecule has 0 aliphatic carbocycles. The zero-order valence-electron chi connectivity index (χ0n) is 11.4. The van der Waals surface area contributed by atoms with E-state index in [2.05, 4.69) is 11.1 Å². The van der Waals surface area contributed by atoms with E-state index in [1.807, 2.05) is 49.5 Å². The first-order valence-electron chi connectivity index (χ1n) is 6.43. The van der Waals surface area contributed by atoms with Crippen LogP contribution in [0.25, 0.3) is 22.4 Å². The van der Waals surface area contributed by atoms with Crippen molar-refractivity contribution in [1.29, 1.82) is 0 Å². The van der Waals surface area contributed by atoms with Gasteiger partial charge in [-0.1, -0.05) is 24.3 Å². The average Bonchev–Trinajstić information content (AvgIpc) is 2.48. The molecule has 1 aromatic heterocycles. The van der Waals surface area contributed by atoms with Crippen LogP contribution >= 0.6 is 0 Å². The Balaban J connectivity index is 0.00000161. The van der Waals surface area contributed by atoms with Crippen molar-refractivity contribution in [2.75, 3.05) is 0 Å². The van der Waals surface area contributed by atoms with Gasteiger partial charge in [0.1, 0.15) is 5.82 Å². The third kappa shape index (κ3) is 3.63. The average molecular weight is 455 g/mol. The zero-order chi connectivity index (χ0) is 13.9. The van der Waals surface area contributed by atoms with E-state index in [9.17, 15) is 4.39 Å². The van der Waals surface area contributed by atoms with Crippen molar-refractivity contribution in [3.63, 3.8) is 0 Å². The van der Waals surface area contributed by atoms with Gasteiger partial charge in [-0.15, -0.1) is 35.4 Å². The molecule has 1 nitrogen and oxygen atoms in total. The van der Waals surface area contributed by atoms with Crippen LogP contribution in [0.5, 0.6) is 0 Å². The number of nitrogens with zero attached hydrogens (tertiary/aromatic N) is 1. The molecule has 1 radical (unpaired) electrons. The summed E-state index contributed by atoms with van der Waals surface area (Å²) in [6.07, 6.45) is 1.83. The molecule has 0 N–H and O–H groups in total. The third-order valence-electron chi connectivity index (χ3n) is 3.15. The van der Waals surface area contributed by atoms with Crippen LogP contribution in [0, 0.1) is 18.8 Å². The van der Waals surface area contributed by atoms with Gasteiger partial charge in [0.05, 0.1) is 0 Å². The van der Waals surface area contributed by atoms with Crippen LogP contribution in [0.15, 0.2) is 60.8 Å². The van der Waals surface area contributed by atoms with Gasteiger partial charge in [-0.3, -0.25) is 0 Å². The van der Waals surface area contributed by atoms with Gasteiger partial charge in [0, 0.05) is 26.3 Å². The minimum Gasteiger partial charge on any atom is -0.304 e. The van der Waals surface area contributed by atoms with E-state index in [4.69, 9.17) is 0 Å². The predicted molar refractivity (Wildman–Crippen MR) is 78.6 cm³/mol. The quantitative estimate of drug-likeness (QED) is 0.514. The maximum atomic E-state index is 13.3. The minimum atomic E-state index is -0.231. The number of aromatic nitrogens is 1. The van der Waals surface area contributed by atoms with Crippen LogP contribution in [0.4, 0.5) is 4.39 Å². The first-order valence-corrected chi connectivity index (χ1v) is 6.43. The maximum Gasteiger partial charge on any atom is 0.123 e. The standard InChI is InChI=1S/C18H13FN.Ir/c1-13-8-9-18(20-12-13)16-6-2-4-14(10-16)15-5-3-7-17(19)11-15;/h2-5,7-12H,1H3;/q-1;. The molecule has 0 atom stereocenters. The Kier molecular flexibility index (Phi) is 5.00. The van der Waals surface area contributed by atoms with E-state index < -0.39 is 0 Å². The van der Waals surface area contributed by atoms with Gasteiger partial charge in [-0.05, 0) is 35.9 Å². The number of aryl methyl sites for hydroxylation is 1. The van der Waals surface area contributed by atoms with Crippen molar-refractivity contribution in [2.45, 2.75) is 6.92 Å². The summed E-state index contributed by atoms with van der Waals surface area (Å²) >= 11 is 0. The molecule has 107 valence electrons. The van der Waals surface area contributed by atoms with E-state index in [1.54, 1.807) is 6.07 Å². The van der Waals surface area contributed by atoms with E-state index in [-0.39, 0.29) is 25.9 Å². The molecular formula is C18H13FIrN-. The van der Waals surface area contributed by atoms with Crippen molar-refractivity contribution in [2.24, 2.45) is 0 Å². The van der Waals surface area contributed by atoms with Gasteiger partial charge in [0.25, 0.3) is 0 Å². The summed E-state index contributed by atoms with van der Waals surface area (Å²) in [5.74, 6) is -0.231. The number of rotatable bonds is 2. The molecule has 21 heavy (non-hydrogen) atoms. The van der Waals surface area contributed by atoms with Crippen LogP contribution < -0.4 is 0 Å². The molecule has 0 fully saturated rings. The fourth-order valence-corrected chi connectivity index (χ4v) is 2.09. The van der Waals surface area contributed by atoms with Gasteiger partial charge >= 0.3 is 0 Å². The summed E-state index contributed by atoms with van der Waals surface area (Å²) in [5.41, 5.74) is 4.71. The van der Waals surface area contributed by atoms with Gasteiger partial charge < -0.3 is 4.98 Å². The number of pyridine rings is 1. The number of hydrogen-bond donors (Lipinski definition) is 0. The summed E-state index contributed by atoms with van der Waals surface area (Å²) in [7, 11) is 0.